The van der Waals surface area contributed by atoms with Gasteiger partial charge >= 0.3 is 0 Å². The first kappa shape index (κ1) is 16.7. The Kier molecular flexibility index (Phi) is 5.94. The Morgan fingerprint density at radius 1 is 1.48 bits per heavy atom. The average molecular weight is 298 g/mol. The summed E-state index contributed by atoms with van der Waals surface area (Å²) >= 11 is 0. The van der Waals surface area contributed by atoms with E-state index in [9.17, 15) is 14.4 Å². The molecule has 3 amide bonds. The van der Waals surface area contributed by atoms with Crippen molar-refractivity contribution in [2.45, 2.75) is 32.4 Å². The van der Waals surface area contributed by atoms with Crippen LogP contribution in [0.4, 0.5) is 0 Å². The Balaban J connectivity index is 2.39. The van der Waals surface area contributed by atoms with Gasteiger partial charge in [0.25, 0.3) is 0 Å². The van der Waals surface area contributed by atoms with Gasteiger partial charge in [-0.3, -0.25) is 19.4 Å². The predicted octanol–water partition coefficient (Wildman–Crippen LogP) is -2.59. The zero-order valence-electron chi connectivity index (χ0n) is 12.2. The second kappa shape index (κ2) is 7.46. The summed E-state index contributed by atoms with van der Waals surface area (Å²) in [5.74, 6) is -1.33. The van der Waals surface area contributed by atoms with Crippen LogP contribution in [0.15, 0.2) is 4.99 Å². The number of guanidine groups is 1. The maximum Gasteiger partial charge on any atom is 0.244 e. The minimum absolute atomic E-state index is 0.0770. The standard InChI is InChI=1S/C12H22N6O3/c1-3-6(2)9(10(13)20)18-8(19)5-15-11(21)7-4-16-12(14)17-7/h6-7,9H,3-5H2,1-2H3,(H2,13,20)(H,15,21)(H,18,19)(H3,14,16,17)/t6-,7?,9-/m0/s1. The van der Waals surface area contributed by atoms with Crippen LogP contribution < -0.4 is 27.4 Å². The summed E-state index contributed by atoms with van der Waals surface area (Å²) in [4.78, 5) is 38.6. The van der Waals surface area contributed by atoms with E-state index in [1.165, 1.54) is 0 Å². The number of carbonyl (C=O) groups excluding carboxylic acids is 3. The van der Waals surface area contributed by atoms with E-state index in [0.29, 0.717) is 6.42 Å². The van der Waals surface area contributed by atoms with Gasteiger partial charge in [0.05, 0.1) is 13.1 Å². The number of nitrogens with zero attached hydrogens (tertiary/aromatic N) is 1. The fraction of sp³-hybridized carbons (Fsp3) is 0.667. The van der Waals surface area contributed by atoms with Crippen LogP contribution in [0.25, 0.3) is 0 Å². The van der Waals surface area contributed by atoms with Crippen LogP contribution in [0.2, 0.25) is 0 Å². The number of aliphatic imine (C=N–C) groups is 1. The number of carbonyl (C=O) groups is 3. The molecule has 0 aromatic carbocycles. The molecule has 0 aliphatic carbocycles. The van der Waals surface area contributed by atoms with Gasteiger partial charge in [0.15, 0.2) is 5.96 Å². The Bertz CT molecular complexity index is 450. The van der Waals surface area contributed by atoms with Gasteiger partial charge < -0.3 is 27.4 Å². The highest BCUT2D eigenvalue weighted by atomic mass is 16.2. The summed E-state index contributed by atoms with van der Waals surface area (Å²) in [6, 6.07) is -1.32. The van der Waals surface area contributed by atoms with Crippen LogP contribution in [0, 0.1) is 5.92 Å². The molecule has 0 saturated carbocycles. The van der Waals surface area contributed by atoms with Crippen LogP contribution in [-0.2, 0) is 14.4 Å². The molecule has 9 heteroatoms. The summed E-state index contributed by atoms with van der Waals surface area (Å²) in [6.45, 7) is 3.70. The van der Waals surface area contributed by atoms with Crippen molar-refractivity contribution in [3.8, 4) is 0 Å². The van der Waals surface area contributed by atoms with Gasteiger partial charge in [0.1, 0.15) is 12.1 Å². The van der Waals surface area contributed by atoms with Gasteiger partial charge in [-0.15, -0.1) is 0 Å². The van der Waals surface area contributed by atoms with E-state index in [-0.39, 0.29) is 30.9 Å². The van der Waals surface area contributed by atoms with Crippen LogP contribution in [0.5, 0.6) is 0 Å². The summed E-state index contributed by atoms with van der Waals surface area (Å²) in [5, 5.41) is 7.65. The number of amides is 3. The van der Waals surface area contributed by atoms with Crippen molar-refractivity contribution in [2.24, 2.45) is 22.4 Å². The second-order valence-electron chi connectivity index (χ2n) is 4.97. The molecule has 0 spiro atoms. The first-order valence-corrected chi connectivity index (χ1v) is 6.78. The van der Waals surface area contributed by atoms with E-state index in [0.717, 1.165) is 0 Å². The molecule has 1 aliphatic rings. The third kappa shape index (κ3) is 4.93. The molecule has 1 heterocycles. The van der Waals surface area contributed by atoms with Crippen molar-refractivity contribution in [1.29, 1.82) is 0 Å². The SMILES string of the molecule is CC[C@H](C)[C@H](NC(=O)CNC(=O)C1CN=C(N)N1)C(N)=O. The van der Waals surface area contributed by atoms with Crippen molar-refractivity contribution < 1.29 is 14.4 Å². The highest BCUT2D eigenvalue weighted by molar-refractivity contribution is 5.94. The van der Waals surface area contributed by atoms with Crippen LogP contribution in [-0.4, -0.2) is 48.9 Å². The van der Waals surface area contributed by atoms with E-state index in [4.69, 9.17) is 11.5 Å². The van der Waals surface area contributed by atoms with Gasteiger partial charge in [0.2, 0.25) is 17.7 Å². The minimum atomic E-state index is -0.747. The molecule has 0 aromatic heterocycles. The van der Waals surface area contributed by atoms with E-state index >= 15 is 0 Å². The highest BCUT2D eigenvalue weighted by Crippen LogP contribution is 2.06. The number of rotatable bonds is 7. The lowest BCUT2D eigenvalue weighted by atomic mass is 9.98. The molecule has 1 rings (SSSR count). The summed E-state index contributed by atoms with van der Waals surface area (Å²) in [6.07, 6.45) is 0.697. The molecule has 9 nitrogen and oxygen atoms in total. The number of hydrogen-bond donors (Lipinski definition) is 5. The molecular weight excluding hydrogens is 276 g/mol. The highest BCUT2D eigenvalue weighted by Gasteiger charge is 2.25. The van der Waals surface area contributed by atoms with Crippen molar-refractivity contribution in [1.82, 2.24) is 16.0 Å². The predicted molar refractivity (Wildman–Crippen MR) is 77.0 cm³/mol. The lowest BCUT2D eigenvalue weighted by molar-refractivity contribution is -0.129. The third-order valence-corrected chi connectivity index (χ3v) is 3.34. The molecule has 118 valence electrons. The molecule has 0 saturated heterocycles. The fourth-order valence-electron chi connectivity index (χ4n) is 1.85. The molecule has 1 aliphatic heterocycles. The quantitative estimate of drug-likeness (QED) is 0.349. The Hall–Kier alpha value is -2.32. The van der Waals surface area contributed by atoms with E-state index in [1.54, 1.807) is 0 Å². The lowest BCUT2D eigenvalue weighted by Crippen LogP contribution is -2.53. The number of primary amides is 1. The van der Waals surface area contributed by atoms with Crippen LogP contribution in [0.3, 0.4) is 0 Å². The number of nitrogens with two attached hydrogens (primary N) is 2. The third-order valence-electron chi connectivity index (χ3n) is 3.34. The Morgan fingerprint density at radius 3 is 2.62 bits per heavy atom. The second-order valence-corrected chi connectivity index (χ2v) is 4.97. The van der Waals surface area contributed by atoms with Crippen molar-refractivity contribution >= 4 is 23.7 Å². The first-order chi connectivity index (χ1) is 9.85. The molecular formula is C12H22N6O3. The maximum absolute atomic E-state index is 11.8. The van der Waals surface area contributed by atoms with Gasteiger partial charge in [-0.25, -0.2) is 0 Å². The normalized spacial score (nSPS) is 19.9. The van der Waals surface area contributed by atoms with Gasteiger partial charge in [-0.1, -0.05) is 20.3 Å². The number of nitrogens with one attached hydrogen (secondary N) is 3. The van der Waals surface area contributed by atoms with Crippen LogP contribution >= 0.6 is 0 Å². The zero-order chi connectivity index (χ0) is 16.0. The molecule has 21 heavy (non-hydrogen) atoms. The Labute approximate surface area is 122 Å². The smallest absolute Gasteiger partial charge is 0.244 e. The Morgan fingerprint density at radius 2 is 2.14 bits per heavy atom. The first-order valence-electron chi connectivity index (χ1n) is 6.78. The van der Waals surface area contributed by atoms with Crippen molar-refractivity contribution in [3.05, 3.63) is 0 Å². The van der Waals surface area contributed by atoms with Gasteiger partial charge in [-0.05, 0) is 5.92 Å². The molecule has 3 atom stereocenters. The minimum Gasteiger partial charge on any atom is -0.370 e. The molecule has 0 radical (unpaired) electrons. The molecule has 0 aromatic rings. The van der Waals surface area contributed by atoms with E-state index in [2.05, 4.69) is 20.9 Å². The zero-order valence-corrected chi connectivity index (χ0v) is 12.2. The maximum atomic E-state index is 11.8. The van der Waals surface area contributed by atoms with Crippen molar-refractivity contribution in [2.75, 3.05) is 13.1 Å². The van der Waals surface area contributed by atoms with Gasteiger partial charge in [-0.2, -0.15) is 0 Å². The van der Waals surface area contributed by atoms with Crippen LogP contribution in [0.1, 0.15) is 20.3 Å². The van der Waals surface area contributed by atoms with Crippen molar-refractivity contribution in [3.63, 3.8) is 0 Å². The van der Waals surface area contributed by atoms with E-state index < -0.39 is 23.9 Å². The summed E-state index contributed by atoms with van der Waals surface area (Å²) in [5.41, 5.74) is 10.6. The van der Waals surface area contributed by atoms with E-state index in [1.807, 2.05) is 13.8 Å². The molecule has 0 bridgehead atoms. The average Bonchev–Trinajstić information content (AvgIpc) is 2.87. The largest absolute Gasteiger partial charge is 0.370 e. The summed E-state index contributed by atoms with van der Waals surface area (Å²) < 4.78 is 0. The van der Waals surface area contributed by atoms with Gasteiger partial charge in [0, 0.05) is 0 Å². The fourth-order valence-corrected chi connectivity index (χ4v) is 1.85. The molecule has 0 fully saturated rings. The molecule has 1 unspecified atom stereocenters. The number of hydrogen-bond acceptors (Lipinski definition) is 6. The lowest BCUT2D eigenvalue weighted by Gasteiger charge is -2.21. The summed E-state index contributed by atoms with van der Waals surface area (Å²) in [7, 11) is 0. The monoisotopic (exact) mass is 298 g/mol. The molecule has 7 N–H and O–H groups in total. The topological polar surface area (TPSA) is 152 Å².